The molecular formula is C45H29N3O2. The first-order chi connectivity index (χ1) is 24.7. The molecule has 0 saturated carbocycles. The largest absolute Gasteiger partial charge is 0.456 e. The van der Waals surface area contributed by atoms with Crippen molar-refractivity contribution in [2.24, 2.45) is 9.98 Å². The Kier molecular flexibility index (Phi) is 6.33. The molecule has 3 aromatic heterocycles. The third-order valence-electron chi connectivity index (χ3n) is 9.81. The van der Waals surface area contributed by atoms with Crippen molar-refractivity contribution >= 4 is 90.0 Å². The molecule has 0 N–H and O–H groups in total. The molecule has 3 heterocycles. The number of aromatic nitrogens is 1. The van der Waals surface area contributed by atoms with Crippen LogP contribution in [0.4, 0.5) is 11.6 Å². The van der Waals surface area contributed by atoms with E-state index < -0.39 is 0 Å². The van der Waals surface area contributed by atoms with Crippen molar-refractivity contribution in [2.75, 3.05) is 0 Å². The number of aliphatic imine (C=N–C) groups is 2. The van der Waals surface area contributed by atoms with Gasteiger partial charge in [0.25, 0.3) is 0 Å². The van der Waals surface area contributed by atoms with Crippen molar-refractivity contribution in [1.29, 1.82) is 0 Å². The molecular weight excluding hydrogens is 615 g/mol. The summed E-state index contributed by atoms with van der Waals surface area (Å²) in [6, 6.07) is 51.0. The molecule has 0 spiro atoms. The van der Waals surface area contributed by atoms with Gasteiger partial charge in [-0.15, -0.1) is 0 Å². The molecule has 0 aliphatic heterocycles. The number of furan rings is 2. The molecule has 0 aliphatic rings. The van der Waals surface area contributed by atoms with Crippen molar-refractivity contribution in [3.8, 4) is 16.8 Å². The fourth-order valence-electron chi connectivity index (χ4n) is 7.56. The van der Waals surface area contributed by atoms with Gasteiger partial charge in [-0.25, -0.2) is 4.99 Å². The van der Waals surface area contributed by atoms with E-state index in [-0.39, 0.29) is 0 Å². The van der Waals surface area contributed by atoms with Crippen LogP contribution >= 0.6 is 0 Å². The standard InChI is InChI=1S/C45H29N3O2/c1-46-45-44(43-33-14-6-5-10-28(33)19-23-41(43)50-45)47-25-24-29-11-9-17-40-42(29)36-27-31(20-22-39(36)49-40)30-18-21-38-35(26-30)34-15-7-8-16-37(34)48(38)32-12-3-2-4-13-32/h2-23,25-27H,1,24H2/b47-25-. The van der Waals surface area contributed by atoms with Gasteiger partial charge in [0.2, 0.25) is 5.88 Å². The fraction of sp³-hybridized carbons (Fsp3) is 0.0222. The first kappa shape index (κ1) is 28.3. The minimum absolute atomic E-state index is 0.424. The molecule has 5 heteroatoms. The number of fused-ring (bicyclic) bond motifs is 9. The van der Waals surface area contributed by atoms with Crippen LogP contribution in [0, 0.1) is 0 Å². The lowest BCUT2D eigenvalue weighted by Crippen LogP contribution is -1.92. The van der Waals surface area contributed by atoms with Gasteiger partial charge in [-0.1, -0.05) is 91.0 Å². The molecule has 5 nitrogen and oxygen atoms in total. The van der Waals surface area contributed by atoms with Crippen LogP contribution in [-0.2, 0) is 6.42 Å². The Morgan fingerprint density at radius 3 is 2.16 bits per heavy atom. The highest BCUT2D eigenvalue weighted by Crippen LogP contribution is 2.43. The van der Waals surface area contributed by atoms with Gasteiger partial charge in [0.15, 0.2) is 0 Å². The number of nitrogens with zero attached hydrogens (tertiary/aromatic N) is 3. The Morgan fingerprint density at radius 2 is 1.28 bits per heavy atom. The maximum Gasteiger partial charge on any atom is 0.245 e. The number of hydrogen-bond donors (Lipinski definition) is 0. The summed E-state index contributed by atoms with van der Waals surface area (Å²) in [5, 5.41) is 7.79. The highest BCUT2D eigenvalue weighted by Gasteiger charge is 2.17. The summed E-state index contributed by atoms with van der Waals surface area (Å²) in [6.07, 6.45) is 2.55. The summed E-state index contributed by atoms with van der Waals surface area (Å²) in [5.74, 6) is 0.424. The number of para-hydroxylation sites is 2. The van der Waals surface area contributed by atoms with E-state index in [2.05, 4.69) is 132 Å². The van der Waals surface area contributed by atoms with Crippen molar-refractivity contribution in [2.45, 2.75) is 6.42 Å². The molecule has 10 rings (SSSR count). The van der Waals surface area contributed by atoms with Gasteiger partial charge in [-0.05, 0) is 88.8 Å². The molecule has 0 unspecified atom stereocenters. The van der Waals surface area contributed by atoms with Crippen LogP contribution in [0.2, 0.25) is 0 Å². The molecule has 0 amide bonds. The summed E-state index contributed by atoms with van der Waals surface area (Å²) >= 11 is 0. The second-order valence-electron chi connectivity index (χ2n) is 12.6. The van der Waals surface area contributed by atoms with E-state index in [0.29, 0.717) is 18.0 Å². The highest BCUT2D eigenvalue weighted by atomic mass is 16.3. The Morgan fingerprint density at radius 1 is 0.560 bits per heavy atom. The highest BCUT2D eigenvalue weighted by molar-refractivity contribution is 6.15. The topological polar surface area (TPSA) is 55.9 Å². The van der Waals surface area contributed by atoms with E-state index in [1.807, 2.05) is 36.5 Å². The molecule has 236 valence electrons. The Labute approximate surface area is 287 Å². The third kappa shape index (κ3) is 4.34. The van der Waals surface area contributed by atoms with Crippen molar-refractivity contribution in [1.82, 2.24) is 4.57 Å². The lowest BCUT2D eigenvalue weighted by molar-refractivity contribution is 0.627. The second-order valence-corrected chi connectivity index (χ2v) is 12.6. The van der Waals surface area contributed by atoms with Crippen molar-refractivity contribution in [3.05, 3.63) is 151 Å². The molecule has 50 heavy (non-hydrogen) atoms. The van der Waals surface area contributed by atoms with Crippen LogP contribution in [0.25, 0.3) is 82.3 Å². The van der Waals surface area contributed by atoms with Crippen LogP contribution in [0.3, 0.4) is 0 Å². The molecule has 0 aliphatic carbocycles. The van der Waals surface area contributed by atoms with Crippen molar-refractivity contribution < 1.29 is 8.83 Å². The molecule has 0 saturated heterocycles. The lowest BCUT2D eigenvalue weighted by atomic mass is 9.99. The predicted octanol–water partition coefficient (Wildman–Crippen LogP) is 12.5. The summed E-state index contributed by atoms with van der Waals surface area (Å²) in [5.41, 5.74) is 10.1. The Hall–Kier alpha value is -6.72. The van der Waals surface area contributed by atoms with Crippen LogP contribution in [0.15, 0.2) is 164 Å². The SMILES string of the molecule is C=Nc1oc2ccc3ccccc3c2c1/N=C\Cc1cccc2oc3ccc(-c4ccc5c(c4)c4ccccc4n5-c4ccccc4)cc3c12. The van der Waals surface area contributed by atoms with Gasteiger partial charge in [0.1, 0.15) is 22.4 Å². The van der Waals surface area contributed by atoms with Crippen LogP contribution in [-0.4, -0.2) is 17.5 Å². The van der Waals surface area contributed by atoms with Crippen LogP contribution < -0.4 is 0 Å². The van der Waals surface area contributed by atoms with E-state index in [4.69, 9.17) is 13.8 Å². The number of rotatable bonds is 6. The van der Waals surface area contributed by atoms with E-state index in [1.54, 1.807) is 0 Å². The first-order valence-electron chi connectivity index (χ1n) is 16.7. The quantitative estimate of drug-likeness (QED) is 0.169. The monoisotopic (exact) mass is 643 g/mol. The van der Waals surface area contributed by atoms with E-state index in [0.717, 1.165) is 66.1 Å². The molecule has 0 bridgehead atoms. The lowest BCUT2D eigenvalue weighted by Gasteiger charge is -2.08. The van der Waals surface area contributed by atoms with E-state index in [1.165, 1.54) is 21.8 Å². The summed E-state index contributed by atoms with van der Waals surface area (Å²) < 4.78 is 14.8. The molecule has 0 atom stereocenters. The third-order valence-corrected chi connectivity index (χ3v) is 9.81. The van der Waals surface area contributed by atoms with Gasteiger partial charge in [0, 0.05) is 39.9 Å². The zero-order valence-corrected chi connectivity index (χ0v) is 27.0. The average Bonchev–Trinajstić information content (AvgIpc) is 3.84. The Balaban J connectivity index is 1.07. The summed E-state index contributed by atoms with van der Waals surface area (Å²) in [7, 11) is 0. The van der Waals surface area contributed by atoms with Gasteiger partial charge in [-0.2, -0.15) is 0 Å². The fourth-order valence-corrected chi connectivity index (χ4v) is 7.56. The summed E-state index contributed by atoms with van der Waals surface area (Å²) in [6.45, 7) is 3.75. The molecule has 10 aromatic rings. The van der Waals surface area contributed by atoms with Crippen LogP contribution in [0.1, 0.15) is 5.56 Å². The first-order valence-corrected chi connectivity index (χ1v) is 16.7. The smallest absolute Gasteiger partial charge is 0.245 e. The minimum Gasteiger partial charge on any atom is -0.456 e. The van der Waals surface area contributed by atoms with Crippen LogP contribution in [0.5, 0.6) is 0 Å². The maximum atomic E-state index is 6.37. The number of hydrogen-bond acceptors (Lipinski definition) is 4. The predicted molar refractivity (Wildman–Crippen MR) is 208 cm³/mol. The minimum atomic E-state index is 0.424. The van der Waals surface area contributed by atoms with Gasteiger partial charge < -0.3 is 13.4 Å². The van der Waals surface area contributed by atoms with Crippen molar-refractivity contribution in [3.63, 3.8) is 0 Å². The van der Waals surface area contributed by atoms with E-state index >= 15 is 0 Å². The molecule has 0 fully saturated rings. The number of benzene rings is 7. The Bertz CT molecular complexity index is 2980. The summed E-state index contributed by atoms with van der Waals surface area (Å²) in [4.78, 5) is 9.11. The zero-order chi connectivity index (χ0) is 33.2. The zero-order valence-electron chi connectivity index (χ0n) is 27.0. The van der Waals surface area contributed by atoms with E-state index in [9.17, 15) is 0 Å². The maximum absolute atomic E-state index is 6.37. The molecule has 7 aromatic carbocycles. The van der Waals surface area contributed by atoms with Gasteiger partial charge >= 0.3 is 0 Å². The van der Waals surface area contributed by atoms with Gasteiger partial charge in [0.05, 0.1) is 16.4 Å². The molecule has 0 radical (unpaired) electrons. The normalized spacial score (nSPS) is 12.1. The van der Waals surface area contributed by atoms with Gasteiger partial charge in [-0.3, -0.25) is 4.99 Å². The average molecular weight is 644 g/mol. The second kappa shape index (κ2) is 11.2.